The van der Waals surface area contributed by atoms with Gasteiger partial charge in [-0.1, -0.05) is 0 Å². The highest BCUT2D eigenvalue weighted by Crippen LogP contribution is 2.30. The molecule has 0 bridgehead atoms. The first-order chi connectivity index (χ1) is 11.3. The predicted octanol–water partition coefficient (Wildman–Crippen LogP) is 1.72. The summed E-state index contributed by atoms with van der Waals surface area (Å²) in [5.41, 5.74) is 4.67. The van der Waals surface area contributed by atoms with E-state index in [1.807, 2.05) is 18.2 Å². The normalized spacial score (nSPS) is 18.3. The summed E-state index contributed by atoms with van der Waals surface area (Å²) in [6.07, 6.45) is 3.47. The molecule has 2 aromatic rings. The molecule has 0 unspecified atom stereocenters. The number of nitrogens with one attached hydrogen (secondary N) is 2. The fourth-order valence-corrected chi connectivity index (χ4v) is 3.64. The summed E-state index contributed by atoms with van der Waals surface area (Å²) >= 11 is 0. The third kappa shape index (κ3) is 2.99. The Labute approximate surface area is 136 Å². The summed E-state index contributed by atoms with van der Waals surface area (Å²) in [4.78, 5) is 18.2. The zero-order valence-corrected chi connectivity index (χ0v) is 13.4. The fourth-order valence-electron chi connectivity index (χ4n) is 3.64. The Morgan fingerprint density at radius 1 is 1.26 bits per heavy atom. The third-order valence-electron chi connectivity index (χ3n) is 4.93. The molecule has 0 saturated carbocycles. The van der Waals surface area contributed by atoms with Crippen LogP contribution in [-0.4, -0.2) is 55.2 Å². The minimum absolute atomic E-state index is 0.0214. The number of aromatic amines is 1. The maximum Gasteiger partial charge on any atom is 0.251 e. The first kappa shape index (κ1) is 14.7. The maximum atomic E-state index is 12.4. The fraction of sp³-hybridized carbons (Fsp3) is 0.500. The standard InChI is InChI=1S/C18H23N3O2/c22-18(19-6-7-21-8-10-23-11-9-21)13-4-5-17-15(12-13)14-2-1-3-16(14)20-17/h4-5,12,20H,1-3,6-11H2,(H,19,22). The second-order valence-electron chi connectivity index (χ2n) is 6.41. The summed E-state index contributed by atoms with van der Waals surface area (Å²) in [6, 6.07) is 5.99. The SMILES string of the molecule is O=C(NCCN1CCOCC1)c1ccc2[nH]c3c(c2c1)CCC3. The lowest BCUT2D eigenvalue weighted by Crippen LogP contribution is -2.41. The number of ether oxygens (including phenoxy) is 1. The van der Waals surface area contributed by atoms with Crippen LogP contribution in [0, 0.1) is 0 Å². The minimum Gasteiger partial charge on any atom is -0.379 e. The van der Waals surface area contributed by atoms with Crippen molar-refractivity contribution in [2.24, 2.45) is 0 Å². The summed E-state index contributed by atoms with van der Waals surface area (Å²) < 4.78 is 5.33. The van der Waals surface area contributed by atoms with Gasteiger partial charge in [-0.25, -0.2) is 0 Å². The van der Waals surface area contributed by atoms with Gasteiger partial charge in [-0.3, -0.25) is 9.69 Å². The van der Waals surface area contributed by atoms with Crippen LogP contribution < -0.4 is 5.32 Å². The molecule has 1 aliphatic heterocycles. The van der Waals surface area contributed by atoms with Gasteiger partial charge < -0.3 is 15.0 Å². The molecule has 1 fully saturated rings. The molecule has 0 radical (unpaired) electrons. The first-order valence-corrected chi connectivity index (χ1v) is 8.53. The Hall–Kier alpha value is -1.85. The number of benzene rings is 1. The average molecular weight is 313 g/mol. The van der Waals surface area contributed by atoms with Crippen molar-refractivity contribution in [3.05, 3.63) is 35.0 Å². The number of carbonyl (C=O) groups excluding carboxylic acids is 1. The van der Waals surface area contributed by atoms with Crippen molar-refractivity contribution < 1.29 is 9.53 Å². The van der Waals surface area contributed by atoms with Gasteiger partial charge in [0.1, 0.15) is 0 Å². The molecule has 0 atom stereocenters. The average Bonchev–Trinajstić information content (AvgIpc) is 3.16. The van der Waals surface area contributed by atoms with E-state index in [1.165, 1.54) is 23.1 Å². The summed E-state index contributed by atoms with van der Waals surface area (Å²) in [7, 11) is 0. The molecule has 122 valence electrons. The van der Waals surface area contributed by atoms with Gasteiger partial charge in [0.05, 0.1) is 13.2 Å². The van der Waals surface area contributed by atoms with Gasteiger partial charge in [0.15, 0.2) is 0 Å². The Kier molecular flexibility index (Phi) is 4.06. The van der Waals surface area contributed by atoms with Crippen molar-refractivity contribution in [2.45, 2.75) is 19.3 Å². The highest BCUT2D eigenvalue weighted by Gasteiger charge is 2.18. The summed E-state index contributed by atoms with van der Waals surface area (Å²) in [5.74, 6) is 0.0214. The van der Waals surface area contributed by atoms with Crippen molar-refractivity contribution in [3.8, 4) is 0 Å². The number of carbonyl (C=O) groups is 1. The third-order valence-corrected chi connectivity index (χ3v) is 4.93. The number of amides is 1. The number of hydrogen-bond acceptors (Lipinski definition) is 3. The monoisotopic (exact) mass is 313 g/mol. The molecule has 1 amide bonds. The number of rotatable bonds is 4. The van der Waals surface area contributed by atoms with Crippen LogP contribution in [0.3, 0.4) is 0 Å². The maximum absolute atomic E-state index is 12.4. The second-order valence-corrected chi connectivity index (χ2v) is 6.41. The molecular formula is C18H23N3O2. The van der Waals surface area contributed by atoms with Gasteiger partial charge in [0, 0.05) is 48.3 Å². The number of morpholine rings is 1. The van der Waals surface area contributed by atoms with Crippen LogP contribution in [0.4, 0.5) is 0 Å². The highest BCUT2D eigenvalue weighted by molar-refractivity contribution is 5.99. The van der Waals surface area contributed by atoms with Crippen molar-refractivity contribution >= 4 is 16.8 Å². The van der Waals surface area contributed by atoms with Crippen molar-refractivity contribution in [1.82, 2.24) is 15.2 Å². The molecule has 1 aliphatic carbocycles. The van der Waals surface area contributed by atoms with E-state index in [4.69, 9.17) is 4.74 Å². The first-order valence-electron chi connectivity index (χ1n) is 8.53. The Morgan fingerprint density at radius 3 is 3.00 bits per heavy atom. The molecule has 2 N–H and O–H groups in total. The molecule has 2 heterocycles. The molecule has 23 heavy (non-hydrogen) atoms. The summed E-state index contributed by atoms with van der Waals surface area (Å²) in [5, 5.41) is 4.26. The van der Waals surface area contributed by atoms with Crippen LogP contribution >= 0.6 is 0 Å². The Balaban J connectivity index is 1.40. The molecular weight excluding hydrogens is 290 g/mol. The van der Waals surface area contributed by atoms with E-state index in [0.29, 0.717) is 6.54 Å². The lowest BCUT2D eigenvalue weighted by Gasteiger charge is -2.26. The zero-order valence-electron chi connectivity index (χ0n) is 13.4. The van der Waals surface area contributed by atoms with Crippen LogP contribution in [0.5, 0.6) is 0 Å². The largest absolute Gasteiger partial charge is 0.379 e. The lowest BCUT2D eigenvalue weighted by atomic mass is 10.1. The van der Waals surface area contributed by atoms with Crippen LogP contribution in [-0.2, 0) is 17.6 Å². The van der Waals surface area contributed by atoms with E-state index in [9.17, 15) is 4.79 Å². The number of fused-ring (bicyclic) bond motifs is 3. The molecule has 2 aliphatic rings. The Morgan fingerprint density at radius 2 is 2.13 bits per heavy atom. The predicted molar refractivity (Wildman–Crippen MR) is 89.9 cm³/mol. The lowest BCUT2D eigenvalue weighted by molar-refractivity contribution is 0.0383. The molecule has 1 aromatic carbocycles. The quantitative estimate of drug-likeness (QED) is 0.903. The Bertz CT molecular complexity index is 716. The summed E-state index contributed by atoms with van der Waals surface area (Å²) in [6.45, 7) is 5.07. The van der Waals surface area contributed by atoms with Crippen LogP contribution in [0.15, 0.2) is 18.2 Å². The molecule has 0 spiro atoms. The van der Waals surface area contributed by atoms with Gasteiger partial charge in [-0.15, -0.1) is 0 Å². The number of aryl methyl sites for hydroxylation is 2. The van der Waals surface area contributed by atoms with Gasteiger partial charge in [-0.05, 0) is 43.0 Å². The smallest absolute Gasteiger partial charge is 0.251 e. The number of aromatic nitrogens is 1. The van der Waals surface area contributed by atoms with Gasteiger partial charge in [0.25, 0.3) is 5.91 Å². The van der Waals surface area contributed by atoms with E-state index >= 15 is 0 Å². The molecule has 5 heteroatoms. The van der Waals surface area contributed by atoms with Crippen LogP contribution in [0.1, 0.15) is 28.0 Å². The molecule has 4 rings (SSSR count). The highest BCUT2D eigenvalue weighted by atomic mass is 16.5. The molecule has 5 nitrogen and oxygen atoms in total. The van der Waals surface area contributed by atoms with Crippen LogP contribution in [0.25, 0.3) is 10.9 Å². The second kappa shape index (κ2) is 6.34. The number of H-pyrrole nitrogens is 1. The van der Waals surface area contributed by atoms with E-state index in [0.717, 1.165) is 56.8 Å². The number of hydrogen-bond donors (Lipinski definition) is 2. The van der Waals surface area contributed by atoms with Crippen molar-refractivity contribution in [2.75, 3.05) is 39.4 Å². The van der Waals surface area contributed by atoms with E-state index < -0.39 is 0 Å². The van der Waals surface area contributed by atoms with E-state index in [2.05, 4.69) is 15.2 Å². The number of nitrogens with zero attached hydrogens (tertiary/aromatic N) is 1. The van der Waals surface area contributed by atoms with Gasteiger partial charge in [0.2, 0.25) is 0 Å². The van der Waals surface area contributed by atoms with Crippen molar-refractivity contribution in [1.29, 1.82) is 0 Å². The topological polar surface area (TPSA) is 57.4 Å². The van der Waals surface area contributed by atoms with Gasteiger partial charge in [-0.2, -0.15) is 0 Å². The van der Waals surface area contributed by atoms with E-state index in [1.54, 1.807) is 0 Å². The van der Waals surface area contributed by atoms with Crippen LogP contribution in [0.2, 0.25) is 0 Å². The van der Waals surface area contributed by atoms with E-state index in [-0.39, 0.29) is 5.91 Å². The van der Waals surface area contributed by atoms with Crippen molar-refractivity contribution in [3.63, 3.8) is 0 Å². The van der Waals surface area contributed by atoms with Gasteiger partial charge >= 0.3 is 0 Å². The minimum atomic E-state index is 0.0214. The molecule has 1 aromatic heterocycles. The zero-order chi connectivity index (χ0) is 15.6. The molecule has 1 saturated heterocycles.